The van der Waals surface area contributed by atoms with Gasteiger partial charge in [0.1, 0.15) is 12.4 Å². The van der Waals surface area contributed by atoms with Crippen LogP contribution in [0.1, 0.15) is 18.1 Å². The molecule has 7 nitrogen and oxygen atoms in total. The minimum Gasteiger partial charge on any atom is -0.487 e. The zero-order chi connectivity index (χ0) is 19.8. The minimum atomic E-state index is -0.433. The number of rotatable bonds is 7. The molecule has 2 N–H and O–H groups in total. The standard InChI is InChI=1S/C17H16Br2N4O3S/c1-2-20-17(27)22-21-9-12-7-14(18)16(15(19)8-12)26-10-11-3-5-13(6-4-11)23(24)25/h3-9H,2,10H2,1H3,(H2,20,22,27)/b21-9-. The van der Waals surface area contributed by atoms with Crippen molar-refractivity contribution in [3.63, 3.8) is 0 Å². The number of thiocarbonyl (C=S) groups is 1. The first kappa shape index (κ1) is 21.3. The Morgan fingerprint density at radius 2 is 1.93 bits per heavy atom. The number of ether oxygens (including phenoxy) is 1. The molecular weight excluding hydrogens is 500 g/mol. The lowest BCUT2D eigenvalue weighted by Crippen LogP contribution is -2.31. The number of halogens is 2. The van der Waals surface area contributed by atoms with Crippen LogP contribution in [0, 0.1) is 10.1 Å². The second-order valence-electron chi connectivity index (χ2n) is 5.26. The number of benzene rings is 2. The summed E-state index contributed by atoms with van der Waals surface area (Å²) < 4.78 is 7.32. The van der Waals surface area contributed by atoms with Gasteiger partial charge in [-0.05, 0) is 86.4 Å². The third kappa shape index (κ3) is 6.56. The fourth-order valence-electron chi connectivity index (χ4n) is 2.03. The van der Waals surface area contributed by atoms with Crippen molar-refractivity contribution in [2.24, 2.45) is 5.10 Å². The highest BCUT2D eigenvalue weighted by molar-refractivity contribution is 9.11. The number of nitro benzene ring substituents is 1. The molecule has 0 radical (unpaired) electrons. The lowest BCUT2D eigenvalue weighted by atomic mass is 10.2. The maximum absolute atomic E-state index is 10.7. The van der Waals surface area contributed by atoms with E-state index in [1.165, 1.54) is 12.1 Å². The zero-order valence-corrected chi connectivity index (χ0v) is 18.2. The molecule has 142 valence electrons. The van der Waals surface area contributed by atoms with E-state index in [0.29, 0.717) is 10.9 Å². The summed E-state index contributed by atoms with van der Waals surface area (Å²) in [6.07, 6.45) is 1.64. The smallest absolute Gasteiger partial charge is 0.269 e. The maximum atomic E-state index is 10.7. The predicted molar refractivity (Wildman–Crippen MR) is 116 cm³/mol. The number of nitro groups is 1. The molecule has 2 aromatic carbocycles. The van der Waals surface area contributed by atoms with E-state index in [9.17, 15) is 10.1 Å². The normalized spacial score (nSPS) is 10.6. The Labute approximate surface area is 178 Å². The van der Waals surface area contributed by atoms with Gasteiger partial charge < -0.3 is 10.1 Å². The second kappa shape index (κ2) is 10.3. The molecule has 0 bridgehead atoms. The summed E-state index contributed by atoms with van der Waals surface area (Å²) in [7, 11) is 0. The van der Waals surface area contributed by atoms with Gasteiger partial charge in [-0.2, -0.15) is 5.10 Å². The van der Waals surface area contributed by atoms with Crippen LogP contribution in [0.25, 0.3) is 0 Å². The molecule has 0 aliphatic carbocycles. The number of nitrogens with zero attached hydrogens (tertiary/aromatic N) is 2. The molecule has 0 heterocycles. The first-order chi connectivity index (χ1) is 12.9. The van der Waals surface area contributed by atoms with Gasteiger partial charge in [-0.3, -0.25) is 15.5 Å². The largest absolute Gasteiger partial charge is 0.487 e. The molecule has 0 saturated carbocycles. The van der Waals surface area contributed by atoms with Gasteiger partial charge in [-0.25, -0.2) is 0 Å². The summed E-state index contributed by atoms with van der Waals surface area (Å²) in [5.74, 6) is 0.627. The van der Waals surface area contributed by atoms with Crippen molar-refractivity contribution in [2.75, 3.05) is 6.54 Å². The molecule has 0 aliphatic rings. The fraction of sp³-hybridized carbons (Fsp3) is 0.176. The summed E-state index contributed by atoms with van der Waals surface area (Å²) in [6.45, 7) is 2.95. The molecule has 0 aliphatic heterocycles. The fourth-order valence-corrected chi connectivity index (χ4v) is 3.67. The SMILES string of the molecule is CCNC(=S)N/N=C\c1cc(Br)c(OCc2ccc([N+](=O)[O-])cc2)c(Br)c1. The Hall–Kier alpha value is -2.04. The van der Waals surface area contributed by atoms with Crippen LogP contribution in [-0.2, 0) is 6.61 Å². The lowest BCUT2D eigenvalue weighted by molar-refractivity contribution is -0.384. The van der Waals surface area contributed by atoms with Crippen LogP contribution >= 0.6 is 44.1 Å². The van der Waals surface area contributed by atoms with Gasteiger partial charge in [0.2, 0.25) is 0 Å². The molecule has 0 saturated heterocycles. The Morgan fingerprint density at radius 1 is 1.30 bits per heavy atom. The summed E-state index contributed by atoms with van der Waals surface area (Å²) in [6, 6.07) is 9.95. The van der Waals surface area contributed by atoms with Crippen molar-refractivity contribution >= 4 is 61.1 Å². The molecule has 0 aromatic heterocycles. The van der Waals surface area contributed by atoms with Gasteiger partial charge in [0.15, 0.2) is 5.11 Å². The number of hydrogen-bond acceptors (Lipinski definition) is 5. The Morgan fingerprint density at radius 3 is 2.48 bits per heavy atom. The third-order valence-electron chi connectivity index (χ3n) is 3.27. The van der Waals surface area contributed by atoms with Crippen LogP contribution in [0.5, 0.6) is 5.75 Å². The quantitative estimate of drug-likeness (QED) is 0.244. The molecule has 0 spiro atoms. The molecule has 0 amide bonds. The van der Waals surface area contributed by atoms with E-state index in [-0.39, 0.29) is 12.3 Å². The monoisotopic (exact) mass is 514 g/mol. The van der Waals surface area contributed by atoms with E-state index in [1.807, 2.05) is 19.1 Å². The van der Waals surface area contributed by atoms with Gasteiger partial charge in [0, 0.05) is 18.7 Å². The predicted octanol–water partition coefficient (Wildman–Crippen LogP) is 4.52. The summed E-state index contributed by atoms with van der Waals surface area (Å²) in [5.41, 5.74) is 4.43. The molecule has 2 rings (SSSR count). The van der Waals surface area contributed by atoms with Crippen molar-refractivity contribution < 1.29 is 9.66 Å². The molecule has 10 heteroatoms. The van der Waals surface area contributed by atoms with Gasteiger partial charge in [-0.15, -0.1) is 0 Å². The molecular formula is C17H16Br2N4O3S. The van der Waals surface area contributed by atoms with Crippen LogP contribution < -0.4 is 15.5 Å². The molecule has 0 atom stereocenters. The first-order valence-electron chi connectivity index (χ1n) is 7.82. The summed E-state index contributed by atoms with van der Waals surface area (Å²) in [5, 5.41) is 18.2. The van der Waals surface area contributed by atoms with Gasteiger partial charge in [-0.1, -0.05) is 0 Å². The van der Waals surface area contributed by atoms with E-state index >= 15 is 0 Å². The average molecular weight is 516 g/mol. The van der Waals surface area contributed by atoms with Gasteiger partial charge in [0.25, 0.3) is 5.69 Å². The number of non-ortho nitro benzene ring substituents is 1. The highest BCUT2D eigenvalue weighted by Crippen LogP contribution is 2.35. The van der Waals surface area contributed by atoms with Gasteiger partial charge >= 0.3 is 0 Å². The van der Waals surface area contributed by atoms with Crippen LogP contribution in [0.4, 0.5) is 5.69 Å². The summed E-state index contributed by atoms with van der Waals surface area (Å²) >= 11 is 12.0. The van der Waals surface area contributed by atoms with E-state index in [0.717, 1.165) is 26.6 Å². The second-order valence-corrected chi connectivity index (χ2v) is 7.37. The van der Waals surface area contributed by atoms with Crippen molar-refractivity contribution in [3.8, 4) is 5.75 Å². The lowest BCUT2D eigenvalue weighted by Gasteiger charge is -2.11. The Kier molecular flexibility index (Phi) is 8.14. The Balaban J connectivity index is 2.02. The minimum absolute atomic E-state index is 0.0481. The van der Waals surface area contributed by atoms with E-state index in [2.05, 4.69) is 47.7 Å². The van der Waals surface area contributed by atoms with Crippen LogP contribution in [0.3, 0.4) is 0 Å². The maximum Gasteiger partial charge on any atom is 0.269 e. The van der Waals surface area contributed by atoms with E-state index in [1.54, 1.807) is 18.3 Å². The average Bonchev–Trinajstić information content (AvgIpc) is 2.61. The van der Waals surface area contributed by atoms with E-state index < -0.39 is 4.92 Å². The molecule has 27 heavy (non-hydrogen) atoms. The van der Waals surface area contributed by atoms with Crippen LogP contribution in [-0.4, -0.2) is 22.8 Å². The van der Waals surface area contributed by atoms with Crippen LogP contribution in [0.15, 0.2) is 50.4 Å². The molecule has 2 aromatic rings. The van der Waals surface area contributed by atoms with Crippen LogP contribution in [0.2, 0.25) is 0 Å². The summed E-state index contributed by atoms with van der Waals surface area (Å²) in [4.78, 5) is 10.3. The van der Waals surface area contributed by atoms with Crippen molar-refractivity contribution in [3.05, 3.63) is 66.6 Å². The van der Waals surface area contributed by atoms with Crippen molar-refractivity contribution in [1.29, 1.82) is 0 Å². The molecule has 0 unspecified atom stereocenters. The Bertz CT molecular complexity index is 837. The number of hydrazone groups is 1. The molecule has 0 fully saturated rings. The van der Waals surface area contributed by atoms with Crippen molar-refractivity contribution in [1.82, 2.24) is 10.7 Å². The third-order valence-corrected chi connectivity index (χ3v) is 4.68. The zero-order valence-electron chi connectivity index (χ0n) is 14.2. The highest BCUT2D eigenvalue weighted by atomic mass is 79.9. The number of hydrogen-bond donors (Lipinski definition) is 2. The topological polar surface area (TPSA) is 88.8 Å². The number of nitrogens with one attached hydrogen (secondary N) is 2. The van der Waals surface area contributed by atoms with E-state index in [4.69, 9.17) is 17.0 Å². The first-order valence-corrected chi connectivity index (χ1v) is 9.82. The van der Waals surface area contributed by atoms with Gasteiger partial charge in [0.05, 0.1) is 20.1 Å². The highest BCUT2D eigenvalue weighted by Gasteiger charge is 2.10. The van der Waals surface area contributed by atoms with Crippen molar-refractivity contribution in [2.45, 2.75) is 13.5 Å².